The molecule has 8 nitrogen and oxygen atoms in total. The summed E-state index contributed by atoms with van der Waals surface area (Å²) < 4.78 is 5.10. The number of non-ortho nitro benzene ring substituents is 1. The minimum absolute atomic E-state index is 0.0232. The van der Waals surface area contributed by atoms with Gasteiger partial charge in [0.1, 0.15) is 0 Å². The second kappa shape index (κ2) is 8.41. The topological polar surface area (TPSA) is 116 Å². The molecule has 0 saturated heterocycles. The molecular formula is C18H15ClN2O6. The Hall–Kier alpha value is -3.26. The van der Waals surface area contributed by atoms with Crippen LogP contribution < -0.4 is 5.32 Å². The number of ether oxygens (including phenoxy) is 1. The SMILES string of the molecule is CC(=O)Nc1ccc(C(=O)[C@@H](C)OC(=O)c2cc([N+](=O)[O-])ccc2Cl)cc1. The molecule has 2 rings (SSSR count). The Kier molecular flexibility index (Phi) is 6.25. The van der Waals surface area contributed by atoms with Crippen LogP contribution in [-0.2, 0) is 9.53 Å². The Morgan fingerprint density at radius 2 is 1.78 bits per heavy atom. The molecule has 0 radical (unpaired) electrons. The van der Waals surface area contributed by atoms with Gasteiger partial charge in [-0.05, 0) is 37.3 Å². The molecule has 0 aliphatic rings. The van der Waals surface area contributed by atoms with Crippen LogP contribution in [-0.4, -0.2) is 28.7 Å². The summed E-state index contributed by atoms with van der Waals surface area (Å²) in [6, 6.07) is 9.41. The quantitative estimate of drug-likeness (QED) is 0.348. The molecule has 9 heteroatoms. The van der Waals surface area contributed by atoms with E-state index in [-0.39, 0.29) is 27.7 Å². The van der Waals surface area contributed by atoms with E-state index in [9.17, 15) is 24.5 Å². The molecule has 1 amide bonds. The van der Waals surface area contributed by atoms with Crippen LogP contribution in [0, 0.1) is 10.1 Å². The van der Waals surface area contributed by atoms with E-state index in [4.69, 9.17) is 16.3 Å². The second-order valence-electron chi connectivity index (χ2n) is 5.59. The zero-order chi connectivity index (χ0) is 20.1. The molecule has 0 aliphatic carbocycles. The lowest BCUT2D eigenvalue weighted by atomic mass is 10.1. The van der Waals surface area contributed by atoms with Crippen LogP contribution in [0.3, 0.4) is 0 Å². The average molecular weight is 391 g/mol. The van der Waals surface area contributed by atoms with Gasteiger partial charge in [-0.2, -0.15) is 0 Å². The molecule has 140 valence electrons. The predicted molar refractivity (Wildman–Crippen MR) is 98.1 cm³/mol. The number of nitrogens with zero attached hydrogens (tertiary/aromatic N) is 1. The molecule has 0 bridgehead atoms. The number of hydrogen-bond donors (Lipinski definition) is 1. The zero-order valence-corrected chi connectivity index (χ0v) is 15.1. The van der Waals surface area contributed by atoms with Crippen LogP contribution in [0.25, 0.3) is 0 Å². The number of ketones is 1. The van der Waals surface area contributed by atoms with Crippen molar-refractivity contribution in [2.45, 2.75) is 20.0 Å². The Balaban J connectivity index is 2.12. The fourth-order valence-electron chi connectivity index (χ4n) is 2.22. The number of nitro benzene ring substituents is 1. The van der Waals surface area contributed by atoms with Crippen molar-refractivity contribution < 1.29 is 24.0 Å². The van der Waals surface area contributed by atoms with Crippen LogP contribution in [0.15, 0.2) is 42.5 Å². The van der Waals surface area contributed by atoms with E-state index < -0.39 is 22.8 Å². The third-order valence-electron chi connectivity index (χ3n) is 3.52. The number of hydrogen-bond acceptors (Lipinski definition) is 6. The van der Waals surface area contributed by atoms with Gasteiger partial charge in [-0.3, -0.25) is 19.7 Å². The van der Waals surface area contributed by atoms with Crippen molar-refractivity contribution in [3.05, 3.63) is 68.7 Å². The maximum atomic E-state index is 12.4. The zero-order valence-electron chi connectivity index (χ0n) is 14.4. The Morgan fingerprint density at radius 1 is 1.15 bits per heavy atom. The van der Waals surface area contributed by atoms with Crippen molar-refractivity contribution >= 4 is 40.6 Å². The van der Waals surface area contributed by atoms with Crippen LogP contribution in [0.2, 0.25) is 5.02 Å². The summed E-state index contributed by atoms with van der Waals surface area (Å²) in [5.41, 5.74) is 0.270. The van der Waals surface area contributed by atoms with Gasteiger partial charge in [0.15, 0.2) is 6.10 Å². The number of halogens is 1. The van der Waals surface area contributed by atoms with E-state index in [1.165, 1.54) is 32.0 Å². The van der Waals surface area contributed by atoms with Crippen LogP contribution in [0.1, 0.15) is 34.6 Å². The highest BCUT2D eigenvalue weighted by Gasteiger charge is 2.23. The molecule has 27 heavy (non-hydrogen) atoms. The summed E-state index contributed by atoms with van der Waals surface area (Å²) >= 11 is 5.89. The van der Waals surface area contributed by atoms with E-state index >= 15 is 0 Å². The van der Waals surface area contributed by atoms with Crippen LogP contribution in [0.4, 0.5) is 11.4 Å². The maximum absolute atomic E-state index is 12.4. The van der Waals surface area contributed by atoms with Gasteiger partial charge in [0.05, 0.1) is 15.5 Å². The summed E-state index contributed by atoms with van der Waals surface area (Å²) in [7, 11) is 0. The number of carbonyl (C=O) groups is 3. The Labute approximate surface area is 159 Å². The van der Waals surface area contributed by atoms with Gasteiger partial charge in [-0.25, -0.2) is 4.79 Å². The number of benzene rings is 2. The number of anilines is 1. The molecule has 2 aromatic rings. The highest BCUT2D eigenvalue weighted by atomic mass is 35.5. The molecule has 0 saturated carbocycles. The molecule has 0 spiro atoms. The summed E-state index contributed by atoms with van der Waals surface area (Å²) in [5, 5.41) is 13.4. The molecule has 0 aliphatic heterocycles. The van der Waals surface area contributed by atoms with Crippen LogP contribution >= 0.6 is 11.6 Å². The third-order valence-corrected chi connectivity index (χ3v) is 3.85. The van der Waals surface area contributed by atoms with Crippen molar-refractivity contribution in [3.63, 3.8) is 0 Å². The summed E-state index contributed by atoms with van der Waals surface area (Å²) in [4.78, 5) is 45.8. The average Bonchev–Trinajstić information content (AvgIpc) is 2.61. The molecular weight excluding hydrogens is 376 g/mol. The van der Waals surface area contributed by atoms with Crippen molar-refractivity contribution in [2.24, 2.45) is 0 Å². The van der Waals surface area contributed by atoms with Crippen molar-refractivity contribution in [1.29, 1.82) is 0 Å². The monoisotopic (exact) mass is 390 g/mol. The van der Waals surface area contributed by atoms with Gasteiger partial charge < -0.3 is 10.1 Å². The normalized spacial score (nSPS) is 11.4. The lowest BCUT2D eigenvalue weighted by molar-refractivity contribution is -0.384. The van der Waals surface area contributed by atoms with E-state index in [1.807, 2.05) is 0 Å². The first kappa shape index (κ1) is 20.1. The number of nitrogens with one attached hydrogen (secondary N) is 1. The van der Waals surface area contributed by atoms with Gasteiger partial charge in [-0.15, -0.1) is 0 Å². The minimum atomic E-state index is -1.14. The Morgan fingerprint density at radius 3 is 2.33 bits per heavy atom. The number of rotatable bonds is 6. The van der Waals surface area contributed by atoms with E-state index in [0.29, 0.717) is 5.69 Å². The lowest BCUT2D eigenvalue weighted by Gasteiger charge is -2.13. The second-order valence-corrected chi connectivity index (χ2v) is 6.00. The van der Waals surface area contributed by atoms with E-state index in [2.05, 4.69) is 5.32 Å². The predicted octanol–water partition coefficient (Wildman–Crippen LogP) is 3.63. The van der Waals surface area contributed by atoms with Gasteiger partial charge in [0.2, 0.25) is 11.7 Å². The minimum Gasteiger partial charge on any atom is -0.451 e. The largest absolute Gasteiger partial charge is 0.451 e. The fraction of sp³-hybridized carbons (Fsp3) is 0.167. The van der Waals surface area contributed by atoms with Gasteiger partial charge in [0, 0.05) is 30.3 Å². The fourth-order valence-corrected chi connectivity index (χ4v) is 2.41. The third kappa shape index (κ3) is 5.11. The number of esters is 1. The molecule has 0 unspecified atom stereocenters. The summed E-state index contributed by atoms with van der Waals surface area (Å²) in [5.74, 6) is -1.66. The highest BCUT2D eigenvalue weighted by molar-refractivity contribution is 6.33. The van der Waals surface area contributed by atoms with E-state index in [1.54, 1.807) is 12.1 Å². The molecule has 0 heterocycles. The number of amides is 1. The molecule has 2 aromatic carbocycles. The van der Waals surface area contributed by atoms with Gasteiger partial charge >= 0.3 is 5.97 Å². The van der Waals surface area contributed by atoms with E-state index in [0.717, 1.165) is 12.1 Å². The smallest absolute Gasteiger partial charge is 0.340 e. The molecule has 1 N–H and O–H groups in total. The first-order valence-corrected chi connectivity index (χ1v) is 8.13. The van der Waals surface area contributed by atoms with Crippen molar-refractivity contribution in [1.82, 2.24) is 0 Å². The first-order valence-electron chi connectivity index (χ1n) is 7.76. The summed E-state index contributed by atoms with van der Waals surface area (Å²) in [6.07, 6.45) is -1.14. The number of carbonyl (C=O) groups excluding carboxylic acids is 3. The number of Topliss-reactive ketones (excluding diaryl/α,β-unsaturated/α-hetero) is 1. The van der Waals surface area contributed by atoms with Gasteiger partial charge in [0.25, 0.3) is 5.69 Å². The molecule has 1 atom stereocenters. The molecule has 0 aromatic heterocycles. The lowest BCUT2D eigenvalue weighted by Crippen LogP contribution is -2.24. The van der Waals surface area contributed by atoms with Gasteiger partial charge in [-0.1, -0.05) is 11.6 Å². The summed E-state index contributed by atoms with van der Waals surface area (Å²) in [6.45, 7) is 2.74. The standard InChI is InChI=1S/C18H15ClN2O6/c1-10(17(23)12-3-5-13(6-4-12)20-11(2)22)27-18(24)15-9-14(21(25)26)7-8-16(15)19/h3-10H,1-2H3,(H,20,22)/t10-/m1/s1. The van der Waals surface area contributed by atoms with Crippen LogP contribution in [0.5, 0.6) is 0 Å². The van der Waals surface area contributed by atoms with Crippen molar-refractivity contribution in [2.75, 3.05) is 5.32 Å². The molecule has 0 fully saturated rings. The first-order chi connectivity index (χ1) is 12.7. The highest BCUT2D eigenvalue weighted by Crippen LogP contribution is 2.23. The van der Waals surface area contributed by atoms with Crippen molar-refractivity contribution in [3.8, 4) is 0 Å². The Bertz CT molecular complexity index is 911. The number of nitro groups is 1. The maximum Gasteiger partial charge on any atom is 0.340 e.